The Bertz CT molecular complexity index is 548. The number of hydrogen-bond donors (Lipinski definition) is 2. The van der Waals surface area contributed by atoms with Crippen LogP contribution in [0.15, 0.2) is 41.8 Å². The minimum absolute atomic E-state index is 0.110. The molecule has 0 spiro atoms. The molecule has 1 heterocycles. The van der Waals surface area contributed by atoms with E-state index in [0.29, 0.717) is 10.6 Å². The predicted molar refractivity (Wildman–Crippen MR) is 65.7 cm³/mol. The Kier molecular flexibility index (Phi) is 3.20. The van der Waals surface area contributed by atoms with Crippen LogP contribution in [-0.4, -0.2) is 17.0 Å². The lowest BCUT2D eigenvalue weighted by molar-refractivity contribution is 0.0698. The number of aromatic carboxylic acids is 1. The van der Waals surface area contributed by atoms with Gasteiger partial charge in [0.25, 0.3) is 5.91 Å². The van der Waals surface area contributed by atoms with Crippen molar-refractivity contribution in [2.75, 3.05) is 5.32 Å². The van der Waals surface area contributed by atoms with E-state index >= 15 is 0 Å². The minimum Gasteiger partial charge on any atom is -0.478 e. The molecular weight excluding hydrogens is 238 g/mol. The van der Waals surface area contributed by atoms with E-state index in [2.05, 4.69) is 5.32 Å². The first-order valence-electron chi connectivity index (χ1n) is 4.85. The van der Waals surface area contributed by atoms with Crippen molar-refractivity contribution in [3.63, 3.8) is 0 Å². The first-order chi connectivity index (χ1) is 8.18. The lowest BCUT2D eigenvalue weighted by atomic mass is 10.2. The molecule has 0 aliphatic rings. The minimum atomic E-state index is -1.05. The first kappa shape index (κ1) is 11.3. The summed E-state index contributed by atoms with van der Waals surface area (Å²) in [6.45, 7) is 0. The van der Waals surface area contributed by atoms with Gasteiger partial charge in [-0.3, -0.25) is 4.79 Å². The smallest absolute Gasteiger partial charge is 0.338 e. The quantitative estimate of drug-likeness (QED) is 0.876. The van der Waals surface area contributed by atoms with Gasteiger partial charge < -0.3 is 10.4 Å². The zero-order valence-corrected chi connectivity index (χ0v) is 9.53. The molecule has 0 saturated carbocycles. The van der Waals surface area contributed by atoms with Gasteiger partial charge in [0.1, 0.15) is 5.00 Å². The van der Waals surface area contributed by atoms with Gasteiger partial charge in [0, 0.05) is 5.56 Å². The molecule has 0 bridgehead atoms. The van der Waals surface area contributed by atoms with Gasteiger partial charge in [-0.15, -0.1) is 11.3 Å². The summed E-state index contributed by atoms with van der Waals surface area (Å²) in [6, 6.07) is 10.1. The Morgan fingerprint density at radius 2 is 1.82 bits per heavy atom. The fraction of sp³-hybridized carbons (Fsp3) is 0. The highest BCUT2D eigenvalue weighted by molar-refractivity contribution is 7.14. The summed E-state index contributed by atoms with van der Waals surface area (Å²) < 4.78 is 0. The Hall–Kier alpha value is -2.14. The second kappa shape index (κ2) is 4.80. The predicted octanol–water partition coefficient (Wildman–Crippen LogP) is 2.70. The largest absolute Gasteiger partial charge is 0.478 e. The van der Waals surface area contributed by atoms with Crippen molar-refractivity contribution in [1.82, 2.24) is 0 Å². The van der Waals surface area contributed by atoms with Crippen LogP contribution in [0.1, 0.15) is 20.7 Å². The summed E-state index contributed by atoms with van der Waals surface area (Å²) in [5.74, 6) is -1.36. The van der Waals surface area contributed by atoms with Crippen LogP contribution in [0.4, 0.5) is 5.00 Å². The molecule has 0 radical (unpaired) electrons. The molecule has 0 atom stereocenters. The van der Waals surface area contributed by atoms with Crippen LogP contribution in [-0.2, 0) is 0 Å². The summed E-state index contributed by atoms with van der Waals surface area (Å²) in [7, 11) is 0. The van der Waals surface area contributed by atoms with E-state index in [0.717, 1.165) is 0 Å². The number of carbonyl (C=O) groups is 2. The summed E-state index contributed by atoms with van der Waals surface area (Å²) in [6.07, 6.45) is 0. The fourth-order valence-electron chi connectivity index (χ4n) is 1.34. The lowest BCUT2D eigenvalue weighted by Gasteiger charge is -2.03. The number of hydrogen-bond acceptors (Lipinski definition) is 3. The van der Waals surface area contributed by atoms with Gasteiger partial charge in [0.15, 0.2) is 0 Å². The van der Waals surface area contributed by atoms with E-state index in [4.69, 9.17) is 5.11 Å². The van der Waals surface area contributed by atoms with Gasteiger partial charge in [0.2, 0.25) is 0 Å². The molecule has 2 rings (SSSR count). The van der Waals surface area contributed by atoms with Crippen LogP contribution in [0.25, 0.3) is 0 Å². The SMILES string of the molecule is O=C(Nc1sccc1C(=O)O)c1ccccc1. The molecule has 0 aliphatic heterocycles. The number of thiophene rings is 1. The van der Waals surface area contributed by atoms with Gasteiger partial charge >= 0.3 is 5.97 Å². The summed E-state index contributed by atoms with van der Waals surface area (Å²) in [5.41, 5.74) is 0.608. The maximum Gasteiger partial charge on any atom is 0.338 e. The first-order valence-corrected chi connectivity index (χ1v) is 5.73. The Morgan fingerprint density at radius 3 is 2.47 bits per heavy atom. The van der Waals surface area contributed by atoms with E-state index in [1.165, 1.54) is 17.4 Å². The van der Waals surface area contributed by atoms with Gasteiger partial charge in [-0.1, -0.05) is 18.2 Å². The van der Waals surface area contributed by atoms with E-state index in [1.807, 2.05) is 6.07 Å². The standard InChI is InChI=1S/C12H9NO3S/c14-10(8-4-2-1-3-5-8)13-11-9(12(15)16)6-7-17-11/h1-7H,(H,13,14)(H,15,16). The summed E-state index contributed by atoms with van der Waals surface area (Å²) >= 11 is 1.19. The number of anilines is 1. The van der Waals surface area contributed by atoms with Crippen LogP contribution >= 0.6 is 11.3 Å². The molecule has 0 unspecified atom stereocenters. The van der Waals surface area contributed by atoms with Gasteiger partial charge in [-0.2, -0.15) is 0 Å². The van der Waals surface area contributed by atoms with Crippen molar-refractivity contribution in [3.05, 3.63) is 52.9 Å². The van der Waals surface area contributed by atoms with Gasteiger partial charge in [-0.05, 0) is 23.6 Å². The molecule has 1 amide bonds. The normalized spacial score (nSPS) is 9.88. The molecule has 1 aromatic carbocycles. The maximum absolute atomic E-state index is 11.8. The highest BCUT2D eigenvalue weighted by atomic mass is 32.1. The third-order valence-electron chi connectivity index (χ3n) is 2.16. The Labute approximate surface area is 102 Å². The number of carboxylic acid groups (broad SMARTS) is 1. The van der Waals surface area contributed by atoms with Crippen LogP contribution in [0.2, 0.25) is 0 Å². The summed E-state index contributed by atoms with van der Waals surface area (Å²) in [4.78, 5) is 22.6. The third kappa shape index (κ3) is 2.51. The van der Waals surface area contributed by atoms with E-state index in [-0.39, 0.29) is 11.5 Å². The second-order valence-corrected chi connectivity index (χ2v) is 4.20. The number of carbonyl (C=O) groups excluding carboxylic acids is 1. The highest BCUT2D eigenvalue weighted by Crippen LogP contribution is 2.23. The van der Waals surface area contributed by atoms with Crippen molar-refractivity contribution in [1.29, 1.82) is 0 Å². The molecule has 1 aromatic heterocycles. The number of rotatable bonds is 3. The molecule has 4 nitrogen and oxygen atoms in total. The molecular formula is C12H9NO3S. The van der Waals surface area contributed by atoms with Crippen LogP contribution < -0.4 is 5.32 Å². The number of carboxylic acids is 1. The molecule has 2 N–H and O–H groups in total. The van der Waals surface area contributed by atoms with Crippen LogP contribution in [0, 0.1) is 0 Å². The van der Waals surface area contributed by atoms with E-state index < -0.39 is 5.97 Å². The van der Waals surface area contributed by atoms with E-state index in [1.54, 1.807) is 29.6 Å². The lowest BCUT2D eigenvalue weighted by Crippen LogP contribution is -2.12. The monoisotopic (exact) mass is 247 g/mol. The molecule has 86 valence electrons. The molecule has 0 fully saturated rings. The number of nitrogens with one attached hydrogen (secondary N) is 1. The zero-order chi connectivity index (χ0) is 12.3. The third-order valence-corrected chi connectivity index (χ3v) is 2.99. The molecule has 0 aliphatic carbocycles. The Morgan fingerprint density at radius 1 is 1.12 bits per heavy atom. The highest BCUT2D eigenvalue weighted by Gasteiger charge is 2.14. The maximum atomic E-state index is 11.8. The molecule has 5 heteroatoms. The number of amides is 1. The van der Waals surface area contributed by atoms with Crippen molar-refractivity contribution in [2.45, 2.75) is 0 Å². The average molecular weight is 247 g/mol. The molecule has 0 saturated heterocycles. The summed E-state index contributed by atoms with van der Waals surface area (Å²) in [5, 5.41) is 13.5. The zero-order valence-electron chi connectivity index (χ0n) is 8.71. The molecule has 2 aromatic rings. The van der Waals surface area contributed by atoms with Crippen LogP contribution in [0.3, 0.4) is 0 Å². The molecule has 17 heavy (non-hydrogen) atoms. The Balaban J connectivity index is 2.19. The van der Waals surface area contributed by atoms with Gasteiger partial charge in [0.05, 0.1) is 5.56 Å². The average Bonchev–Trinajstić information content (AvgIpc) is 2.78. The van der Waals surface area contributed by atoms with Crippen molar-refractivity contribution in [3.8, 4) is 0 Å². The van der Waals surface area contributed by atoms with Crippen LogP contribution in [0.5, 0.6) is 0 Å². The second-order valence-electron chi connectivity index (χ2n) is 3.29. The van der Waals surface area contributed by atoms with Crippen molar-refractivity contribution in [2.24, 2.45) is 0 Å². The van der Waals surface area contributed by atoms with Crippen molar-refractivity contribution >= 4 is 28.2 Å². The fourth-order valence-corrected chi connectivity index (χ4v) is 2.11. The van der Waals surface area contributed by atoms with Crippen molar-refractivity contribution < 1.29 is 14.7 Å². The van der Waals surface area contributed by atoms with E-state index in [9.17, 15) is 9.59 Å². The topological polar surface area (TPSA) is 66.4 Å². The van der Waals surface area contributed by atoms with Gasteiger partial charge in [-0.25, -0.2) is 4.79 Å². The number of benzene rings is 1.